The summed E-state index contributed by atoms with van der Waals surface area (Å²) in [6, 6.07) is -0.0818. The molecule has 2 rings (SSSR count). The maximum absolute atomic E-state index is 11.8. The van der Waals surface area contributed by atoms with Crippen LogP contribution < -0.4 is 10.5 Å². The molecule has 0 aliphatic heterocycles. The first-order chi connectivity index (χ1) is 8.01. The molecule has 1 aromatic rings. The van der Waals surface area contributed by atoms with Gasteiger partial charge in [-0.05, 0) is 19.8 Å². The van der Waals surface area contributed by atoms with Gasteiger partial charge in [-0.3, -0.25) is 0 Å². The normalized spacial score (nSPS) is 24.5. The van der Waals surface area contributed by atoms with Crippen molar-refractivity contribution in [3.05, 3.63) is 0 Å². The second-order valence-corrected chi connectivity index (χ2v) is 6.67. The van der Waals surface area contributed by atoms with E-state index in [4.69, 9.17) is 10.5 Å². The van der Waals surface area contributed by atoms with Gasteiger partial charge in [0.15, 0.2) is 0 Å². The fourth-order valence-electron chi connectivity index (χ4n) is 1.63. The van der Waals surface area contributed by atoms with Gasteiger partial charge in [0.1, 0.15) is 0 Å². The number of nitrogens with one attached hydrogen (secondary N) is 1. The molecule has 7 nitrogen and oxygen atoms in total. The van der Waals surface area contributed by atoms with Crippen molar-refractivity contribution in [2.75, 3.05) is 12.3 Å². The minimum absolute atomic E-state index is 0.0818. The largest absolute Gasteiger partial charge is 0.378 e. The number of hydrogen-bond donors (Lipinski definition) is 2. The highest BCUT2D eigenvalue weighted by molar-refractivity contribution is 7.91. The summed E-state index contributed by atoms with van der Waals surface area (Å²) in [5.41, 5.74) is 5.35. The molecule has 0 unspecified atom stereocenters. The topological polar surface area (TPSA) is 107 Å². The first kappa shape index (κ1) is 12.7. The molecule has 1 aliphatic rings. The highest BCUT2D eigenvalue weighted by Crippen LogP contribution is 2.26. The summed E-state index contributed by atoms with van der Waals surface area (Å²) in [6.07, 6.45) is 1.55. The van der Waals surface area contributed by atoms with Gasteiger partial charge in [-0.2, -0.15) is 0 Å². The van der Waals surface area contributed by atoms with Crippen molar-refractivity contribution in [3.8, 4) is 0 Å². The molecule has 0 aromatic carbocycles. The van der Waals surface area contributed by atoms with Gasteiger partial charge in [0.05, 0.1) is 6.10 Å². The van der Waals surface area contributed by atoms with E-state index in [0.29, 0.717) is 19.4 Å². The second-order valence-electron chi connectivity index (χ2n) is 3.77. The van der Waals surface area contributed by atoms with E-state index in [1.165, 1.54) is 0 Å². The average Bonchev–Trinajstić information content (AvgIpc) is 2.62. The van der Waals surface area contributed by atoms with Gasteiger partial charge >= 0.3 is 0 Å². The molecule has 96 valence electrons. The van der Waals surface area contributed by atoms with Crippen molar-refractivity contribution in [1.29, 1.82) is 0 Å². The second kappa shape index (κ2) is 4.84. The molecule has 3 N–H and O–H groups in total. The summed E-state index contributed by atoms with van der Waals surface area (Å²) in [5.74, 6) is 0. The fourth-order valence-corrected chi connectivity index (χ4v) is 3.69. The molecule has 0 amide bonds. The molecule has 1 aliphatic carbocycles. The highest BCUT2D eigenvalue weighted by Gasteiger charge is 2.34. The predicted molar refractivity (Wildman–Crippen MR) is 63.1 cm³/mol. The molecule has 9 heteroatoms. The van der Waals surface area contributed by atoms with Crippen LogP contribution in [0.5, 0.6) is 0 Å². The lowest BCUT2D eigenvalue weighted by atomic mass is 9.90. The molecule has 0 radical (unpaired) electrons. The first-order valence-corrected chi connectivity index (χ1v) is 7.54. The molecular weight excluding hydrogens is 264 g/mol. The Morgan fingerprint density at radius 3 is 2.76 bits per heavy atom. The summed E-state index contributed by atoms with van der Waals surface area (Å²) in [5, 5.41) is 7.14. The SMILES string of the molecule is CCOC1CC(NS(=O)(=O)c2nnc(N)s2)C1. The highest BCUT2D eigenvalue weighted by atomic mass is 32.2. The third-order valence-electron chi connectivity index (χ3n) is 2.47. The lowest BCUT2D eigenvalue weighted by Crippen LogP contribution is -2.47. The number of nitrogens with zero attached hydrogens (tertiary/aromatic N) is 2. The minimum atomic E-state index is -3.58. The molecule has 0 spiro atoms. The predicted octanol–water partition coefficient (Wildman–Crippen LogP) is -0.0339. The van der Waals surface area contributed by atoms with E-state index < -0.39 is 10.0 Å². The van der Waals surface area contributed by atoms with Crippen LogP contribution in [0, 0.1) is 0 Å². The standard InChI is InChI=1S/C8H14N4O3S2/c1-2-15-6-3-5(4-6)12-17(13,14)8-11-10-7(9)16-8/h5-6,12H,2-4H2,1H3,(H2,9,10). The van der Waals surface area contributed by atoms with Gasteiger partial charge < -0.3 is 10.5 Å². The van der Waals surface area contributed by atoms with Crippen molar-refractivity contribution in [2.24, 2.45) is 0 Å². The van der Waals surface area contributed by atoms with E-state index in [-0.39, 0.29) is 21.6 Å². The third kappa shape index (κ3) is 2.92. The molecular formula is C8H14N4O3S2. The zero-order valence-corrected chi connectivity index (χ0v) is 10.9. The molecule has 17 heavy (non-hydrogen) atoms. The van der Waals surface area contributed by atoms with Crippen LogP contribution in [0.25, 0.3) is 0 Å². The Morgan fingerprint density at radius 2 is 2.24 bits per heavy atom. The van der Waals surface area contributed by atoms with Crippen LogP contribution in [0.4, 0.5) is 5.13 Å². The van der Waals surface area contributed by atoms with Crippen molar-refractivity contribution < 1.29 is 13.2 Å². The van der Waals surface area contributed by atoms with Gasteiger partial charge in [0, 0.05) is 12.6 Å². The number of nitrogens with two attached hydrogens (primary N) is 1. The first-order valence-electron chi connectivity index (χ1n) is 5.24. The van der Waals surface area contributed by atoms with Crippen LogP contribution in [0.15, 0.2) is 4.34 Å². The number of sulfonamides is 1. The van der Waals surface area contributed by atoms with Gasteiger partial charge in [0.2, 0.25) is 9.47 Å². The van der Waals surface area contributed by atoms with Crippen molar-refractivity contribution in [2.45, 2.75) is 36.3 Å². The van der Waals surface area contributed by atoms with Gasteiger partial charge in [-0.15, -0.1) is 10.2 Å². The van der Waals surface area contributed by atoms with Crippen molar-refractivity contribution in [1.82, 2.24) is 14.9 Å². The summed E-state index contributed by atoms with van der Waals surface area (Å²) >= 11 is 0.856. The lowest BCUT2D eigenvalue weighted by molar-refractivity contribution is -0.00476. The summed E-state index contributed by atoms with van der Waals surface area (Å²) in [4.78, 5) is 0. The number of rotatable bonds is 5. The molecule has 1 fully saturated rings. The minimum Gasteiger partial charge on any atom is -0.378 e. The van der Waals surface area contributed by atoms with Crippen LogP contribution in [-0.2, 0) is 14.8 Å². The van der Waals surface area contributed by atoms with Crippen LogP contribution in [0.1, 0.15) is 19.8 Å². The molecule has 0 atom stereocenters. The Bertz CT molecular complexity index is 481. The number of ether oxygens (including phenoxy) is 1. The Labute approximate surface area is 103 Å². The number of nitrogen functional groups attached to an aromatic ring is 1. The molecule has 1 aromatic heterocycles. The number of aromatic nitrogens is 2. The van der Waals surface area contributed by atoms with E-state index in [9.17, 15) is 8.42 Å². The molecule has 0 bridgehead atoms. The van der Waals surface area contributed by atoms with Gasteiger partial charge in [-0.25, -0.2) is 13.1 Å². The molecule has 0 saturated heterocycles. The maximum Gasteiger partial charge on any atom is 0.270 e. The number of anilines is 1. The van der Waals surface area contributed by atoms with E-state index >= 15 is 0 Å². The van der Waals surface area contributed by atoms with E-state index in [1.807, 2.05) is 6.92 Å². The Balaban J connectivity index is 1.92. The molecule has 1 heterocycles. The van der Waals surface area contributed by atoms with Crippen LogP contribution in [0.3, 0.4) is 0 Å². The Morgan fingerprint density at radius 1 is 1.53 bits per heavy atom. The fraction of sp³-hybridized carbons (Fsp3) is 0.750. The van der Waals surface area contributed by atoms with E-state index in [2.05, 4.69) is 14.9 Å². The smallest absolute Gasteiger partial charge is 0.270 e. The van der Waals surface area contributed by atoms with Crippen molar-refractivity contribution in [3.63, 3.8) is 0 Å². The van der Waals surface area contributed by atoms with E-state index in [1.54, 1.807) is 0 Å². The van der Waals surface area contributed by atoms with E-state index in [0.717, 1.165) is 11.3 Å². The van der Waals surface area contributed by atoms with Crippen LogP contribution >= 0.6 is 11.3 Å². The van der Waals surface area contributed by atoms with Crippen LogP contribution in [0.2, 0.25) is 0 Å². The average molecular weight is 278 g/mol. The number of hydrogen-bond acceptors (Lipinski definition) is 7. The quantitative estimate of drug-likeness (QED) is 0.783. The Hall–Kier alpha value is -0.770. The third-order valence-corrected chi connectivity index (χ3v) is 5.11. The summed E-state index contributed by atoms with van der Waals surface area (Å²) in [6.45, 7) is 2.57. The molecule has 1 saturated carbocycles. The van der Waals surface area contributed by atoms with Crippen LogP contribution in [-0.4, -0.2) is 37.4 Å². The van der Waals surface area contributed by atoms with Gasteiger partial charge in [0.25, 0.3) is 10.0 Å². The lowest BCUT2D eigenvalue weighted by Gasteiger charge is -2.34. The maximum atomic E-state index is 11.8. The van der Waals surface area contributed by atoms with Gasteiger partial charge in [-0.1, -0.05) is 11.3 Å². The summed E-state index contributed by atoms with van der Waals surface area (Å²) in [7, 11) is -3.58. The zero-order valence-electron chi connectivity index (χ0n) is 9.29. The zero-order chi connectivity index (χ0) is 12.5. The monoisotopic (exact) mass is 278 g/mol. The summed E-state index contributed by atoms with van der Waals surface area (Å²) < 4.78 is 31.4. The Kier molecular flexibility index (Phi) is 3.61. The van der Waals surface area contributed by atoms with Crippen molar-refractivity contribution >= 4 is 26.5 Å².